The monoisotopic (exact) mass is 226 g/mol. The zero-order valence-electron chi connectivity index (χ0n) is 9.52. The molecule has 2 nitrogen and oxygen atoms in total. The maximum Gasteiger partial charge on any atom is 0.314 e. The fourth-order valence-electron chi connectivity index (χ4n) is 2.84. The van der Waals surface area contributed by atoms with Crippen molar-refractivity contribution >= 4 is 11.5 Å². The van der Waals surface area contributed by atoms with Gasteiger partial charge in [-0.05, 0) is 41.5 Å². The highest BCUT2D eigenvalue weighted by Crippen LogP contribution is 2.39. The first-order valence-corrected chi connectivity index (χ1v) is 5.99. The number of aryl methyl sites for hydroxylation is 1. The molecular formula is C15H14O2. The van der Waals surface area contributed by atoms with Gasteiger partial charge in [0, 0.05) is 0 Å². The van der Waals surface area contributed by atoms with Gasteiger partial charge in [-0.15, -0.1) is 0 Å². The maximum atomic E-state index is 11.2. The van der Waals surface area contributed by atoms with Crippen molar-refractivity contribution in [1.29, 1.82) is 0 Å². The summed E-state index contributed by atoms with van der Waals surface area (Å²) in [7, 11) is 0. The lowest BCUT2D eigenvalue weighted by molar-refractivity contribution is -0.138. The number of benzene rings is 1. The van der Waals surface area contributed by atoms with Crippen molar-refractivity contribution in [3.63, 3.8) is 0 Å². The summed E-state index contributed by atoms with van der Waals surface area (Å²) in [5.41, 5.74) is 4.79. The van der Waals surface area contributed by atoms with Gasteiger partial charge in [0.2, 0.25) is 0 Å². The molecule has 17 heavy (non-hydrogen) atoms. The van der Waals surface area contributed by atoms with Crippen molar-refractivity contribution in [3.8, 4) is 0 Å². The van der Waals surface area contributed by atoms with Crippen LogP contribution in [-0.4, -0.2) is 11.1 Å². The van der Waals surface area contributed by atoms with Crippen LogP contribution in [0.25, 0.3) is 5.57 Å². The second-order valence-corrected chi connectivity index (χ2v) is 4.62. The molecule has 2 aliphatic carbocycles. The van der Waals surface area contributed by atoms with Crippen LogP contribution in [0.15, 0.2) is 42.0 Å². The molecule has 1 N–H and O–H groups in total. The van der Waals surface area contributed by atoms with Gasteiger partial charge >= 0.3 is 5.97 Å². The smallest absolute Gasteiger partial charge is 0.314 e. The first kappa shape index (κ1) is 10.3. The van der Waals surface area contributed by atoms with Gasteiger partial charge in [0.05, 0.1) is 5.92 Å². The van der Waals surface area contributed by atoms with E-state index in [9.17, 15) is 9.90 Å². The molecule has 0 saturated carbocycles. The number of carboxylic acids is 1. The van der Waals surface area contributed by atoms with Crippen molar-refractivity contribution in [3.05, 3.63) is 53.1 Å². The number of hydrogen-bond acceptors (Lipinski definition) is 1. The summed E-state index contributed by atoms with van der Waals surface area (Å²) >= 11 is 0. The predicted molar refractivity (Wildman–Crippen MR) is 66.6 cm³/mol. The lowest BCUT2D eigenvalue weighted by atomic mass is 9.95. The van der Waals surface area contributed by atoms with Gasteiger partial charge < -0.3 is 5.11 Å². The van der Waals surface area contributed by atoms with Crippen molar-refractivity contribution in [2.24, 2.45) is 5.92 Å². The number of hydrogen-bond donors (Lipinski definition) is 1. The predicted octanol–water partition coefficient (Wildman–Crippen LogP) is 3.05. The highest BCUT2D eigenvalue weighted by Gasteiger charge is 2.28. The Labute approximate surface area is 100 Å². The molecular weight excluding hydrogens is 212 g/mol. The van der Waals surface area contributed by atoms with Crippen LogP contribution in [0.4, 0.5) is 0 Å². The van der Waals surface area contributed by atoms with E-state index in [1.54, 1.807) is 0 Å². The summed E-state index contributed by atoms with van der Waals surface area (Å²) in [6.07, 6.45) is 6.78. The summed E-state index contributed by atoms with van der Waals surface area (Å²) in [4.78, 5) is 11.2. The van der Waals surface area contributed by atoms with Crippen LogP contribution in [-0.2, 0) is 11.2 Å². The maximum absolute atomic E-state index is 11.2. The molecule has 0 aliphatic heterocycles. The molecule has 2 aliphatic rings. The Balaban J connectivity index is 2.14. The standard InChI is InChI=1S/C15H14O2/c16-15(17)14-9-8-13-11-6-2-1-4-10(11)5-3-7-12(13)14/h1-2,4,6,8-9,14H,3,5,7H2,(H,16,17). The molecule has 3 rings (SSSR count). The summed E-state index contributed by atoms with van der Waals surface area (Å²) < 4.78 is 0. The van der Waals surface area contributed by atoms with Gasteiger partial charge in [-0.25, -0.2) is 0 Å². The average Bonchev–Trinajstić information content (AvgIpc) is 2.66. The third-order valence-corrected chi connectivity index (χ3v) is 3.64. The Kier molecular flexibility index (Phi) is 2.36. The summed E-state index contributed by atoms with van der Waals surface area (Å²) in [6, 6.07) is 8.33. The number of allylic oxidation sites excluding steroid dienone is 2. The lowest BCUT2D eigenvalue weighted by Crippen LogP contribution is -2.11. The Hall–Kier alpha value is -1.83. The van der Waals surface area contributed by atoms with Crippen LogP contribution < -0.4 is 0 Å². The van der Waals surface area contributed by atoms with E-state index < -0.39 is 11.9 Å². The molecule has 0 amide bonds. The van der Waals surface area contributed by atoms with E-state index >= 15 is 0 Å². The largest absolute Gasteiger partial charge is 0.481 e. The van der Waals surface area contributed by atoms with E-state index in [1.807, 2.05) is 18.2 Å². The molecule has 0 radical (unpaired) electrons. The molecule has 1 aromatic rings. The third kappa shape index (κ3) is 1.60. The van der Waals surface area contributed by atoms with E-state index in [-0.39, 0.29) is 0 Å². The SMILES string of the molecule is O=C(O)C1C=CC2=C1CCCc1ccccc12. The number of rotatable bonds is 1. The summed E-state index contributed by atoms with van der Waals surface area (Å²) in [5, 5.41) is 9.21. The van der Waals surface area contributed by atoms with Gasteiger partial charge in [0.1, 0.15) is 0 Å². The van der Waals surface area contributed by atoms with Crippen molar-refractivity contribution < 1.29 is 9.90 Å². The van der Waals surface area contributed by atoms with Gasteiger partial charge in [-0.1, -0.05) is 36.4 Å². The van der Waals surface area contributed by atoms with Crippen LogP contribution in [0, 0.1) is 5.92 Å². The normalized spacial score (nSPS) is 22.0. The van der Waals surface area contributed by atoms with Gasteiger partial charge in [-0.3, -0.25) is 4.79 Å². The minimum absolute atomic E-state index is 0.406. The Bertz CT molecular complexity index is 538. The third-order valence-electron chi connectivity index (χ3n) is 3.64. The van der Waals surface area contributed by atoms with Crippen molar-refractivity contribution in [1.82, 2.24) is 0 Å². The van der Waals surface area contributed by atoms with E-state index in [2.05, 4.69) is 18.2 Å². The van der Waals surface area contributed by atoms with Crippen LogP contribution in [0.2, 0.25) is 0 Å². The molecule has 1 unspecified atom stereocenters. The zero-order chi connectivity index (χ0) is 11.8. The van der Waals surface area contributed by atoms with Gasteiger partial charge in [-0.2, -0.15) is 0 Å². The Morgan fingerprint density at radius 3 is 2.88 bits per heavy atom. The molecule has 86 valence electrons. The highest BCUT2D eigenvalue weighted by atomic mass is 16.4. The molecule has 0 saturated heterocycles. The van der Waals surface area contributed by atoms with E-state index in [4.69, 9.17) is 0 Å². The minimum Gasteiger partial charge on any atom is -0.481 e. The van der Waals surface area contributed by atoms with Crippen molar-refractivity contribution in [2.75, 3.05) is 0 Å². The van der Waals surface area contributed by atoms with E-state index in [0.717, 1.165) is 30.4 Å². The first-order valence-electron chi connectivity index (χ1n) is 5.99. The Morgan fingerprint density at radius 2 is 2.06 bits per heavy atom. The Morgan fingerprint density at radius 1 is 1.24 bits per heavy atom. The number of fused-ring (bicyclic) bond motifs is 2. The summed E-state index contributed by atoms with van der Waals surface area (Å²) in [6.45, 7) is 0. The lowest BCUT2D eigenvalue weighted by Gasteiger charge is -2.09. The molecule has 0 spiro atoms. The van der Waals surface area contributed by atoms with Crippen molar-refractivity contribution in [2.45, 2.75) is 19.3 Å². The number of aliphatic carboxylic acids is 1. The van der Waals surface area contributed by atoms with Crippen LogP contribution >= 0.6 is 0 Å². The molecule has 0 aromatic heterocycles. The second-order valence-electron chi connectivity index (χ2n) is 4.62. The fraction of sp³-hybridized carbons (Fsp3) is 0.267. The second kappa shape index (κ2) is 3.88. The first-order chi connectivity index (χ1) is 8.27. The minimum atomic E-state index is -0.731. The van der Waals surface area contributed by atoms with Crippen LogP contribution in [0.3, 0.4) is 0 Å². The molecule has 2 heteroatoms. The topological polar surface area (TPSA) is 37.3 Å². The van der Waals surface area contributed by atoms with E-state index in [0.29, 0.717) is 0 Å². The highest BCUT2D eigenvalue weighted by molar-refractivity contribution is 5.90. The number of carbonyl (C=O) groups is 1. The molecule has 0 bridgehead atoms. The molecule has 1 aromatic carbocycles. The van der Waals surface area contributed by atoms with E-state index in [1.165, 1.54) is 11.1 Å². The quantitative estimate of drug-likeness (QED) is 0.799. The average molecular weight is 226 g/mol. The van der Waals surface area contributed by atoms with Crippen LogP contribution in [0.1, 0.15) is 24.0 Å². The fourth-order valence-corrected chi connectivity index (χ4v) is 2.84. The molecule has 1 atom stereocenters. The summed E-state index contributed by atoms with van der Waals surface area (Å²) in [5.74, 6) is -1.14. The zero-order valence-corrected chi connectivity index (χ0v) is 9.52. The molecule has 0 heterocycles. The molecule has 0 fully saturated rings. The van der Waals surface area contributed by atoms with Crippen LogP contribution in [0.5, 0.6) is 0 Å². The number of carboxylic acid groups (broad SMARTS) is 1. The van der Waals surface area contributed by atoms with Gasteiger partial charge in [0.15, 0.2) is 0 Å². The van der Waals surface area contributed by atoms with Gasteiger partial charge in [0.25, 0.3) is 0 Å².